The summed E-state index contributed by atoms with van der Waals surface area (Å²) >= 11 is 6.74. The van der Waals surface area contributed by atoms with Gasteiger partial charge in [-0.3, -0.25) is 9.59 Å². The highest BCUT2D eigenvalue weighted by molar-refractivity contribution is 8.00. The maximum atomic E-state index is 13.3. The van der Waals surface area contributed by atoms with Gasteiger partial charge in [0.15, 0.2) is 0 Å². The summed E-state index contributed by atoms with van der Waals surface area (Å²) in [5, 5.41) is 8.28. The maximum Gasteiger partial charge on any atom is 0.336 e. The van der Waals surface area contributed by atoms with Crippen molar-refractivity contribution in [1.82, 2.24) is 0 Å². The highest BCUT2D eigenvalue weighted by Gasteiger charge is 2.40. The second kappa shape index (κ2) is 6.85. The maximum absolute atomic E-state index is 13.3. The number of hydrogen-bond acceptors (Lipinski definition) is 4. The first kappa shape index (κ1) is 17.4. The lowest BCUT2D eigenvalue weighted by Gasteiger charge is -2.15. The number of rotatable bonds is 4. The van der Waals surface area contributed by atoms with Crippen LogP contribution in [-0.4, -0.2) is 28.1 Å². The van der Waals surface area contributed by atoms with Crippen LogP contribution < -0.4 is 4.90 Å². The van der Waals surface area contributed by atoms with Crippen molar-refractivity contribution in [1.29, 1.82) is 0 Å². The summed E-state index contributed by atoms with van der Waals surface area (Å²) in [6.45, 7) is 0. The Morgan fingerprint density at radius 3 is 2.64 bits per heavy atom. The van der Waals surface area contributed by atoms with Crippen LogP contribution in [0.15, 0.2) is 47.4 Å². The first-order valence-electron chi connectivity index (χ1n) is 7.19. The standard InChI is InChI=1S/C17H11ClFNO4S/c18-11-7-9(5-6-12(11)19)20-15(21)8-14(16(20)22)25-13-4-2-1-3-10(13)17(23)24/h1-7,14H,8H2,(H,23,24)/t14-/m0/s1. The summed E-state index contributed by atoms with van der Waals surface area (Å²) in [5.74, 6) is -2.69. The molecular formula is C17H11ClFNO4S. The topological polar surface area (TPSA) is 74.7 Å². The molecule has 2 amide bonds. The fourth-order valence-electron chi connectivity index (χ4n) is 2.49. The summed E-state index contributed by atoms with van der Waals surface area (Å²) in [6, 6.07) is 9.86. The number of thioether (sulfide) groups is 1. The van der Waals surface area contributed by atoms with E-state index in [1.807, 2.05) is 0 Å². The Bertz CT molecular complexity index is 889. The van der Waals surface area contributed by atoms with E-state index in [2.05, 4.69) is 0 Å². The normalized spacial score (nSPS) is 17.2. The molecule has 1 saturated heterocycles. The van der Waals surface area contributed by atoms with E-state index < -0.39 is 28.9 Å². The third-order valence-electron chi connectivity index (χ3n) is 3.65. The molecule has 0 unspecified atom stereocenters. The van der Waals surface area contributed by atoms with Crippen LogP contribution in [-0.2, 0) is 9.59 Å². The zero-order valence-corrected chi connectivity index (χ0v) is 14.2. The molecule has 1 heterocycles. The van der Waals surface area contributed by atoms with E-state index in [1.165, 1.54) is 18.2 Å². The molecular weight excluding hydrogens is 369 g/mol. The molecule has 0 spiro atoms. The monoisotopic (exact) mass is 379 g/mol. The predicted octanol–water partition coefficient (Wildman–Crippen LogP) is 3.60. The van der Waals surface area contributed by atoms with Gasteiger partial charge in [0.2, 0.25) is 11.8 Å². The van der Waals surface area contributed by atoms with Crippen LogP contribution in [0.3, 0.4) is 0 Å². The van der Waals surface area contributed by atoms with Gasteiger partial charge >= 0.3 is 5.97 Å². The van der Waals surface area contributed by atoms with Gasteiger partial charge in [0.1, 0.15) is 5.82 Å². The number of benzene rings is 2. The minimum absolute atomic E-state index is 0.0658. The number of anilines is 1. The number of imide groups is 1. The minimum Gasteiger partial charge on any atom is -0.478 e. The van der Waals surface area contributed by atoms with E-state index in [-0.39, 0.29) is 22.7 Å². The average molecular weight is 380 g/mol. The van der Waals surface area contributed by atoms with Crippen molar-refractivity contribution in [2.45, 2.75) is 16.6 Å². The number of hydrogen-bond donors (Lipinski definition) is 1. The van der Waals surface area contributed by atoms with Crippen LogP contribution in [0, 0.1) is 5.82 Å². The van der Waals surface area contributed by atoms with Gasteiger partial charge in [-0.25, -0.2) is 14.1 Å². The number of carboxylic acid groups (broad SMARTS) is 1. The van der Waals surface area contributed by atoms with E-state index in [0.717, 1.165) is 22.7 Å². The molecule has 2 aromatic rings. The van der Waals surface area contributed by atoms with E-state index in [4.69, 9.17) is 11.6 Å². The van der Waals surface area contributed by atoms with Gasteiger partial charge < -0.3 is 5.11 Å². The Morgan fingerprint density at radius 1 is 1.24 bits per heavy atom. The van der Waals surface area contributed by atoms with Crippen LogP contribution in [0.5, 0.6) is 0 Å². The van der Waals surface area contributed by atoms with Crippen molar-refractivity contribution in [2.75, 3.05) is 4.90 Å². The molecule has 8 heteroatoms. The van der Waals surface area contributed by atoms with Crippen LogP contribution >= 0.6 is 23.4 Å². The van der Waals surface area contributed by atoms with Crippen LogP contribution in [0.4, 0.5) is 10.1 Å². The van der Waals surface area contributed by atoms with Crippen molar-refractivity contribution < 1.29 is 23.9 Å². The average Bonchev–Trinajstić information content (AvgIpc) is 2.84. The molecule has 1 aliphatic heterocycles. The van der Waals surface area contributed by atoms with Gasteiger partial charge in [0.25, 0.3) is 0 Å². The lowest BCUT2D eigenvalue weighted by atomic mass is 10.2. The zero-order chi connectivity index (χ0) is 18.1. The third-order valence-corrected chi connectivity index (χ3v) is 5.21. The number of nitrogens with zero attached hydrogens (tertiary/aromatic N) is 1. The summed E-state index contributed by atoms with van der Waals surface area (Å²) < 4.78 is 13.3. The largest absolute Gasteiger partial charge is 0.478 e. The lowest BCUT2D eigenvalue weighted by Crippen LogP contribution is -2.31. The molecule has 0 aromatic heterocycles. The minimum atomic E-state index is -1.11. The van der Waals surface area contributed by atoms with E-state index >= 15 is 0 Å². The number of carbonyl (C=O) groups excluding carboxylic acids is 2. The van der Waals surface area contributed by atoms with Gasteiger partial charge in [-0.05, 0) is 30.3 Å². The van der Waals surface area contributed by atoms with Gasteiger partial charge in [-0.2, -0.15) is 0 Å². The number of carbonyl (C=O) groups is 3. The molecule has 0 bridgehead atoms. The molecule has 0 aliphatic carbocycles. The highest BCUT2D eigenvalue weighted by Crippen LogP contribution is 2.36. The Morgan fingerprint density at radius 2 is 1.96 bits per heavy atom. The summed E-state index contributed by atoms with van der Waals surface area (Å²) in [4.78, 5) is 37.5. The van der Waals surface area contributed by atoms with Gasteiger partial charge in [-0.1, -0.05) is 23.7 Å². The number of carboxylic acids is 1. The van der Waals surface area contributed by atoms with Crippen LogP contribution in [0.1, 0.15) is 16.8 Å². The molecule has 25 heavy (non-hydrogen) atoms. The second-order valence-corrected chi connectivity index (χ2v) is 6.93. The van der Waals surface area contributed by atoms with E-state index in [1.54, 1.807) is 18.2 Å². The van der Waals surface area contributed by atoms with Crippen molar-refractivity contribution in [2.24, 2.45) is 0 Å². The number of aromatic carboxylic acids is 1. The smallest absolute Gasteiger partial charge is 0.336 e. The van der Waals surface area contributed by atoms with Crippen molar-refractivity contribution in [3.63, 3.8) is 0 Å². The molecule has 0 radical (unpaired) electrons. The highest BCUT2D eigenvalue weighted by atomic mass is 35.5. The predicted molar refractivity (Wildman–Crippen MR) is 91.6 cm³/mol. The number of halogens is 2. The first-order chi connectivity index (χ1) is 11.9. The quantitative estimate of drug-likeness (QED) is 0.821. The van der Waals surface area contributed by atoms with Crippen molar-refractivity contribution >= 4 is 46.8 Å². The molecule has 0 saturated carbocycles. The first-order valence-corrected chi connectivity index (χ1v) is 8.45. The lowest BCUT2D eigenvalue weighted by molar-refractivity contribution is -0.121. The summed E-state index contributed by atoms with van der Waals surface area (Å²) in [5.41, 5.74) is 0.257. The Hall–Kier alpha value is -2.38. The van der Waals surface area contributed by atoms with Crippen molar-refractivity contribution in [3.8, 4) is 0 Å². The van der Waals surface area contributed by atoms with Crippen LogP contribution in [0.25, 0.3) is 0 Å². The van der Waals surface area contributed by atoms with Crippen LogP contribution in [0.2, 0.25) is 5.02 Å². The van der Waals surface area contributed by atoms with Crippen molar-refractivity contribution in [3.05, 3.63) is 58.9 Å². The fourth-order valence-corrected chi connectivity index (χ4v) is 3.84. The zero-order valence-electron chi connectivity index (χ0n) is 12.6. The summed E-state index contributed by atoms with van der Waals surface area (Å²) in [6.07, 6.45) is -0.0769. The molecule has 1 N–H and O–H groups in total. The van der Waals surface area contributed by atoms with E-state index in [9.17, 15) is 23.9 Å². The number of amides is 2. The fraction of sp³-hybridized carbons (Fsp3) is 0.118. The second-order valence-electron chi connectivity index (χ2n) is 5.28. The molecule has 1 aliphatic rings. The summed E-state index contributed by atoms with van der Waals surface area (Å²) in [7, 11) is 0. The molecule has 1 atom stereocenters. The molecule has 1 fully saturated rings. The van der Waals surface area contributed by atoms with Gasteiger partial charge in [-0.15, -0.1) is 11.8 Å². The molecule has 5 nitrogen and oxygen atoms in total. The Balaban J connectivity index is 1.87. The molecule has 2 aromatic carbocycles. The Labute approximate surface area is 151 Å². The van der Waals surface area contributed by atoms with E-state index in [0.29, 0.717) is 4.90 Å². The SMILES string of the molecule is O=C(O)c1ccccc1S[C@H]1CC(=O)N(c2ccc(F)c(Cl)c2)C1=O. The Kier molecular flexibility index (Phi) is 4.78. The third kappa shape index (κ3) is 3.38. The molecule has 128 valence electrons. The molecule has 3 rings (SSSR count). The van der Waals surface area contributed by atoms with Gasteiger partial charge in [0.05, 0.1) is 21.5 Å². The van der Waals surface area contributed by atoms with Gasteiger partial charge in [0, 0.05) is 11.3 Å².